The standard InChI is InChI=1S/C13H13N3OS/c1-3-8-14-12(17)9-18-13-15-10-6-4-5-7-11(10)16(13)2/h1,4-7H,8-9H2,2H3,(H,14,17). The molecule has 92 valence electrons. The van der Waals surface area contributed by atoms with Gasteiger partial charge in [0.05, 0.1) is 23.3 Å². The zero-order chi connectivity index (χ0) is 13.0. The molecule has 0 fully saturated rings. The lowest BCUT2D eigenvalue weighted by molar-refractivity contribution is -0.118. The van der Waals surface area contributed by atoms with Crippen molar-refractivity contribution in [2.75, 3.05) is 12.3 Å². The molecule has 0 aliphatic heterocycles. The normalized spacial score (nSPS) is 10.2. The van der Waals surface area contributed by atoms with Crippen LogP contribution in [0.25, 0.3) is 11.0 Å². The van der Waals surface area contributed by atoms with Gasteiger partial charge < -0.3 is 9.88 Å². The fourth-order valence-corrected chi connectivity index (χ4v) is 2.40. The van der Waals surface area contributed by atoms with Crippen molar-refractivity contribution in [2.45, 2.75) is 5.16 Å². The third-order valence-corrected chi connectivity index (χ3v) is 3.50. The van der Waals surface area contributed by atoms with Crippen molar-refractivity contribution in [3.05, 3.63) is 24.3 Å². The van der Waals surface area contributed by atoms with Crippen molar-refractivity contribution in [1.82, 2.24) is 14.9 Å². The van der Waals surface area contributed by atoms with Crippen LogP contribution in [-0.2, 0) is 11.8 Å². The molecule has 1 N–H and O–H groups in total. The maximum atomic E-state index is 11.4. The lowest BCUT2D eigenvalue weighted by Gasteiger charge is -2.02. The first-order chi connectivity index (χ1) is 8.72. The van der Waals surface area contributed by atoms with E-state index in [-0.39, 0.29) is 12.5 Å². The Morgan fingerprint density at radius 1 is 1.56 bits per heavy atom. The van der Waals surface area contributed by atoms with Crippen LogP contribution in [-0.4, -0.2) is 27.8 Å². The maximum absolute atomic E-state index is 11.4. The summed E-state index contributed by atoms with van der Waals surface area (Å²) >= 11 is 1.40. The van der Waals surface area contributed by atoms with Crippen LogP contribution in [0.3, 0.4) is 0 Å². The second-order valence-corrected chi connectivity index (χ2v) is 4.65. The minimum absolute atomic E-state index is 0.0787. The van der Waals surface area contributed by atoms with E-state index in [9.17, 15) is 4.79 Å². The number of nitrogens with zero attached hydrogens (tertiary/aromatic N) is 2. The number of aromatic nitrogens is 2. The number of terminal acetylenes is 1. The summed E-state index contributed by atoms with van der Waals surface area (Å²) in [6.45, 7) is 0.266. The first kappa shape index (κ1) is 12.5. The second-order valence-electron chi connectivity index (χ2n) is 3.71. The second kappa shape index (κ2) is 5.61. The number of nitrogens with one attached hydrogen (secondary N) is 1. The fraction of sp³-hybridized carbons (Fsp3) is 0.231. The molecule has 2 rings (SSSR count). The number of thioether (sulfide) groups is 1. The average molecular weight is 259 g/mol. The van der Waals surface area contributed by atoms with Gasteiger partial charge in [-0.1, -0.05) is 29.8 Å². The van der Waals surface area contributed by atoms with E-state index in [0.29, 0.717) is 5.75 Å². The number of fused-ring (bicyclic) bond motifs is 1. The lowest BCUT2D eigenvalue weighted by Crippen LogP contribution is -2.25. The molecule has 0 spiro atoms. The van der Waals surface area contributed by atoms with Gasteiger partial charge in [-0.3, -0.25) is 4.79 Å². The Bertz CT molecular complexity index is 612. The Morgan fingerprint density at radius 2 is 2.33 bits per heavy atom. The van der Waals surface area contributed by atoms with E-state index in [1.54, 1.807) is 0 Å². The van der Waals surface area contributed by atoms with Gasteiger partial charge in [0.25, 0.3) is 0 Å². The highest BCUT2D eigenvalue weighted by Crippen LogP contribution is 2.22. The molecule has 2 aromatic rings. The van der Waals surface area contributed by atoms with Crippen molar-refractivity contribution in [2.24, 2.45) is 7.05 Å². The minimum Gasteiger partial charge on any atom is -0.344 e. The summed E-state index contributed by atoms with van der Waals surface area (Å²) in [5.74, 6) is 2.61. The van der Waals surface area contributed by atoms with Crippen LogP contribution in [0.15, 0.2) is 29.4 Å². The fourth-order valence-electron chi connectivity index (χ4n) is 1.58. The molecule has 0 atom stereocenters. The van der Waals surface area contributed by atoms with E-state index in [0.717, 1.165) is 16.2 Å². The van der Waals surface area contributed by atoms with Crippen LogP contribution in [0.2, 0.25) is 0 Å². The van der Waals surface area contributed by atoms with Gasteiger partial charge in [0.1, 0.15) is 0 Å². The number of hydrogen-bond acceptors (Lipinski definition) is 3. The van der Waals surface area contributed by atoms with Crippen LogP contribution >= 0.6 is 11.8 Å². The van der Waals surface area contributed by atoms with E-state index in [2.05, 4.69) is 16.2 Å². The van der Waals surface area contributed by atoms with Crippen LogP contribution in [0.1, 0.15) is 0 Å². The van der Waals surface area contributed by atoms with Crippen LogP contribution in [0.5, 0.6) is 0 Å². The highest BCUT2D eigenvalue weighted by molar-refractivity contribution is 7.99. The molecular formula is C13H13N3OS. The van der Waals surface area contributed by atoms with Crippen LogP contribution in [0.4, 0.5) is 0 Å². The average Bonchev–Trinajstić information content (AvgIpc) is 2.71. The predicted octanol–water partition coefficient (Wildman–Crippen LogP) is 1.41. The molecule has 0 unspecified atom stereocenters. The van der Waals surface area contributed by atoms with Crippen molar-refractivity contribution < 1.29 is 4.79 Å². The summed E-state index contributed by atoms with van der Waals surface area (Å²) in [4.78, 5) is 15.9. The third-order valence-electron chi connectivity index (χ3n) is 2.47. The maximum Gasteiger partial charge on any atom is 0.231 e. The van der Waals surface area contributed by atoms with Crippen molar-refractivity contribution in [3.8, 4) is 12.3 Å². The zero-order valence-corrected chi connectivity index (χ0v) is 10.8. The molecule has 0 aliphatic rings. The number of aryl methyl sites for hydroxylation is 1. The van der Waals surface area contributed by atoms with Gasteiger partial charge in [0, 0.05) is 7.05 Å². The number of benzene rings is 1. The summed E-state index contributed by atoms with van der Waals surface area (Å²) in [6.07, 6.45) is 5.07. The molecule has 1 aromatic carbocycles. The lowest BCUT2D eigenvalue weighted by atomic mass is 10.3. The summed E-state index contributed by atoms with van der Waals surface area (Å²) in [7, 11) is 1.94. The molecule has 18 heavy (non-hydrogen) atoms. The number of carbonyl (C=O) groups is 1. The highest BCUT2D eigenvalue weighted by atomic mass is 32.2. The zero-order valence-electron chi connectivity index (χ0n) is 10.0. The molecule has 1 heterocycles. The molecule has 0 radical (unpaired) electrons. The summed E-state index contributed by atoms with van der Waals surface area (Å²) < 4.78 is 1.98. The number of imidazole rings is 1. The molecule has 0 saturated heterocycles. The molecule has 1 amide bonds. The number of para-hydroxylation sites is 2. The van der Waals surface area contributed by atoms with Crippen LogP contribution < -0.4 is 5.32 Å². The van der Waals surface area contributed by atoms with Gasteiger partial charge in [-0.2, -0.15) is 0 Å². The van der Waals surface area contributed by atoms with Gasteiger partial charge >= 0.3 is 0 Å². The van der Waals surface area contributed by atoms with E-state index in [4.69, 9.17) is 6.42 Å². The first-order valence-corrected chi connectivity index (χ1v) is 6.45. The SMILES string of the molecule is C#CCNC(=O)CSc1nc2ccccc2n1C. The quantitative estimate of drug-likeness (QED) is 0.667. The highest BCUT2D eigenvalue weighted by Gasteiger charge is 2.09. The van der Waals surface area contributed by atoms with E-state index in [1.807, 2.05) is 35.9 Å². The van der Waals surface area contributed by atoms with E-state index in [1.165, 1.54) is 11.8 Å². The van der Waals surface area contributed by atoms with E-state index >= 15 is 0 Å². The minimum atomic E-state index is -0.0787. The van der Waals surface area contributed by atoms with Gasteiger partial charge in [0.2, 0.25) is 5.91 Å². The van der Waals surface area contributed by atoms with Crippen molar-refractivity contribution >= 4 is 28.7 Å². The Kier molecular flexibility index (Phi) is 3.90. The Balaban J connectivity index is 2.06. The van der Waals surface area contributed by atoms with Crippen molar-refractivity contribution in [3.63, 3.8) is 0 Å². The number of hydrogen-bond donors (Lipinski definition) is 1. The smallest absolute Gasteiger partial charge is 0.231 e. The van der Waals surface area contributed by atoms with E-state index < -0.39 is 0 Å². The topological polar surface area (TPSA) is 46.9 Å². The Morgan fingerprint density at radius 3 is 3.06 bits per heavy atom. The monoisotopic (exact) mass is 259 g/mol. The Hall–Kier alpha value is -1.93. The molecule has 0 aliphatic carbocycles. The summed E-state index contributed by atoms with van der Waals surface area (Å²) in [6, 6.07) is 7.88. The van der Waals surface area contributed by atoms with Gasteiger partial charge in [0.15, 0.2) is 5.16 Å². The third kappa shape index (κ3) is 2.66. The molecule has 0 saturated carbocycles. The summed E-state index contributed by atoms with van der Waals surface area (Å²) in [5.41, 5.74) is 2.00. The van der Waals surface area contributed by atoms with Gasteiger partial charge in [-0.25, -0.2) is 4.98 Å². The van der Waals surface area contributed by atoms with Crippen molar-refractivity contribution in [1.29, 1.82) is 0 Å². The number of carbonyl (C=O) groups excluding carboxylic acids is 1. The van der Waals surface area contributed by atoms with Gasteiger partial charge in [-0.05, 0) is 12.1 Å². The molecule has 0 bridgehead atoms. The number of amides is 1. The number of rotatable bonds is 4. The summed E-state index contributed by atoms with van der Waals surface area (Å²) in [5, 5.41) is 3.45. The van der Waals surface area contributed by atoms with Gasteiger partial charge in [-0.15, -0.1) is 6.42 Å². The Labute approximate surface area is 110 Å². The predicted molar refractivity (Wildman–Crippen MR) is 73.3 cm³/mol. The molecular weight excluding hydrogens is 246 g/mol. The molecule has 4 nitrogen and oxygen atoms in total. The van der Waals surface area contributed by atoms with Crippen LogP contribution in [0, 0.1) is 12.3 Å². The molecule has 1 aromatic heterocycles. The molecule has 5 heteroatoms. The largest absolute Gasteiger partial charge is 0.344 e. The first-order valence-electron chi connectivity index (χ1n) is 5.47.